The zero-order chi connectivity index (χ0) is 11.5. The molecule has 1 aliphatic rings. The van der Waals surface area contributed by atoms with Crippen LogP contribution < -0.4 is 10.1 Å². The Labute approximate surface area is 102 Å². The Morgan fingerprint density at radius 3 is 2.94 bits per heavy atom. The van der Waals surface area contributed by atoms with Crippen molar-refractivity contribution in [3.05, 3.63) is 28.3 Å². The summed E-state index contributed by atoms with van der Waals surface area (Å²) in [6.07, 6.45) is 2.02. The molecular weight excluding hydrogens is 222 g/mol. The van der Waals surface area contributed by atoms with Crippen LogP contribution >= 0.6 is 11.6 Å². The van der Waals surface area contributed by atoms with Gasteiger partial charge in [-0.25, -0.2) is 0 Å². The Kier molecular flexibility index (Phi) is 3.72. The maximum absolute atomic E-state index is 6.15. The third-order valence-corrected chi connectivity index (χ3v) is 3.23. The number of hydrogen-bond donors (Lipinski definition) is 1. The number of benzene rings is 1. The molecule has 0 fully saturated rings. The highest BCUT2D eigenvalue weighted by Gasteiger charge is 2.21. The van der Waals surface area contributed by atoms with Crippen molar-refractivity contribution in [2.45, 2.75) is 32.7 Å². The van der Waals surface area contributed by atoms with E-state index in [4.69, 9.17) is 16.3 Å². The van der Waals surface area contributed by atoms with Crippen LogP contribution in [0.4, 0.5) is 0 Å². The van der Waals surface area contributed by atoms with Crippen LogP contribution in [-0.2, 0) is 6.42 Å². The van der Waals surface area contributed by atoms with Gasteiger partial charge in [0.2, 0.25) is 0 Å². The van der Waals surface area contributed by atoms with E-state index < -0.39 is 0 Å². The van der Waals surface area contributed by atoms with Crippen LogP contribution in [0.25, 0.3) is 0 Å². The molecule has 88 valence electrons. The van der Waals surface area contributed by atoms with Crippen LogP contribution in [0.2, 0.25) is 5.02 Å². The minimum Gasteiger partial charge on any atom is -0.493 e. The fourth-order valence-electron chi connectivity index (χ4n) is 2.28. The lowest BCUT2D eigenvalue weighted by Gasteiger charge is -2.19. The van der Waals surface area contributed by atoms with Crippen LogP contribution in [-0.4, -0.2) is 13.2 Å². The third-order valence-electron chi connectivity index (χ3n) is 3.01. The first-order chi connectivity index (χ1) is 7.76. The Balaban J connectivity index is 2.38. The number of rotatable bonds is 4. The molecule has 0 amide bonds. The predicted molar refractivity (Wildman–Crippen MR) is 67.4 cm³/mol. The van der Waals surface area contributed by atoms with Crippen LogP contribution in [0.15, 0.2) is 12.1 Å². The van der Waals surface area contributed by atoms with E-state index in [1.807, 2.05) is 12.1 Å². The van der Waals surface area contributed by atoms with E-state index in [0.29, 0.717) is 6.04 Å². The highest BCUT2D eigenvalue weighted by Crippen LogP contribution is 2.37. The van der Waals surface area contributed by atoms with Gasteiger partial charge in [-0.15, -0.1) is 0 Å². The Morgan fingerprint density at radius 2 is 2.25 bits per heavy atom. The van der Waals surface area contributed by atoms with Crippen LogP contribution in [0.5, 0.6) is 5.75 Å². The molecule has 2 rings (SSSR count). The summed E-state index contributed by atoms with van der Waals surface area (Å²) in [7, 11) is 0. The van der Waals surface area contributed by atoms with Crippen molar-refractivity contribution >= 4 is 11.6 Å². The molecule has 0 aromatic heterocycles. The smallest absolute Gasteiger partial charge is 0.127 e. The number of halogens is 1. The van der Waals surface area contributed by atoms with Crippen molar-refractivity contribution in [1.82, 2.24) is 5.32 Å². The van der Waals surface area contributed by atoms with Gasteiger partial charge in [0.15, 0.2) is 0 Å². The summed E-state index contributed by atoms with van der Waals surface area (Å²) in [4.78, 5) is 0. The van der Waals surface area contributed by atoms with Gasteiger partial charge in [-0.3, -0.25) is 0 Å². The highest BCUT2D eigenvalue weighted by molar-refractivity contribution is 6.30. The second-order valence-electron chi connectivity index (χ2n) is 4.10. The molecule has 1 unspecified atom stereocenters. The average Bonchev–Trinajstić information content (AvgIpc) is 2.72. The molecule has 1 aromatic carbocycles. The second kappa shape index (κ2) is 5.07. The molecule has 0 radical (unpaired) electrons. The molecule has 0 bridgehead atoms. The van der Waals surface area contributed by atoms with Crippen molar-refractivity contribution in [2.24, 2.45) is 0 Å². The number of fused-ring (bicyclic) bond motifs is 1. The van der Waals surface area contributed by atoms with E-state index in [-0.39, 0.29) is 0 Å². The highest BCUT2D eigenvalue weighted by atomic mass is 35.5. The van der Waals surface area contributed by atoms with Crippen LogP contribution in [0, 0.1) is 0 Å². The first-order valence-electron chi connectivity index (χ1n) is 5.94. The van der Waals surface area contributed by atoms with Crippen molar-refractivity contribution in [1.29, 1.82) is 0 Å². The monoisotopic (exact) mass is 239 g/mol. The summed E-state index contributed by atoms with van der Waals surface area (Å²) < 4.78 is 5.72. The number of hydrogen-bond acceptors (Lipinski definition) is 2. The Bertz CT molecular complexity index is 378. The van der Waals surface area contributed by atoms with Crippen molar-refractivity contribution in [3.8, 4) is 5.75 Å². The lowest BCUT2D eigenvalue weighted by molar-refractivity contribution is 0.347. The van der Waals surface area contributed by atoms with Crippen LogP contribution in [0.3, 0.4) is 0 Å². The summed E-state index contributed by atoms with van der Waals surface area (Å²) in [6.45, 7) is 6.04. The molecule has 3 heteroatoms. The Hall–Kier alpha value is -0.730. The minimum atomic E-state index is 0.343. The zero-order valence-corrected chi connectivity index (χ0v) is 10.6. The summed E-state index contributed by atoms with van der Waals surface area (Å²) in [5.41, 5.74) is 2.46. The topological polar surface area (TPSA) is 21.3 Å². The Morgan fingerprint density at radius 1 is 1.44 bits per heavy atom. The largest absolute Gasteiger partial charge is 0.493 e. The molecule has 1 heterocycles. The third kappa shape index (κ3) is 2.18. The number of nitrogens with one attached hydrogen (secondary N) is 1. The molecule has 1 N–H and O–H groups in total. The van der Waals surface area contributed by atoms with Gasteiger partial charge in [-0.05, 0) is 30.7 Å². The molecule has 1 aromatic rings. The lowest BCUT2D eigenvalue weighted by Crippen LogP contribution is -2.20. The molecule has 16 heavy (non-hydrogen) atoms. The molecule has 1 atom stereocenters. The van der Waals surface area contributed by atoms with E-state index in [2.05, 4.69) is 19.2 Å². The fraction of sp³-hybridized carbons (Fsp3) is 0.538. The van der Waals surface area contributed by atoms with E-state index in [1.165, 1.54) is 11.1 Å². The zero-order valence-electron chi connectivity index (χ0n) is 9.85. The molecule has 2 nitrogen and oxygen atoms in total. The van der Waals surface area contributed by atoms with E-state index in [1.54, 1.807) is 0 Å². The van der Waals surface area contributed by atoms with Gasteiger partial charge >= 0.3 is 0 Å². The maximum Gasteiger partial charge on any atom is 0.127 e. The van der Waals surface area contributed by atoms with Crippen molar-refractivity contribution in [2.75, 3.05) is 13.2 Å². The molecule has 0 spiro atoms. The van der Waals surface area contributed by atoms with Crippen LogP contribution in [0.1, 0.15) is 37.4 Å². The summed E-state index contributed by atoms with van der Waals surface area (Å²) in [6, 6.07) is 4.39. The first kappa shape index (κ1) is 11.7. The summed E-state index contributed by atoms with van der Waals surface area (Å²) in [5.74, 6) is 1.05. The molecule has 0 aliphatic carbocycles. The predicted octanol–water partition coefficient (Wildman–Crippen LogP) is 3.34. The van der Waals surface area contributed by atoms with E-state index in [9.17, 15) is 0 Å². The SMILES string of the molecule is CCNC(CC)c1cc(Cl)cc2c1OCC2. The standard InChI is InChI=1S/C13H18ClNO/c1-3-12(15-4-2)11-8-10(14)7-9-5-6-16-13(9)11/h7-8,12,15H,3-6H2,1-2H3. The molecule has 0 saturated carbocycles. The summed E-state index contributed by atoms with van der Waals surface area (Å²) in [5, 5.41) is 4.28. The second-order valence-corrected chi connectivity index (χ2v) is 4.54. The first-order valence-corrected chi connectivity index (χ1v) is 6.32. The molecule has 1 aliphatic heterocycles. The molecule has 0 saturated heterocycles. The van der Waals surface area contributed by atoms with Gasteiger partial charge < -0.3 is 10.1 Å². The fourth-order valence-corrected chi connectivity index (χ4v) is 2.53. The van der Waals surface area contributed by atoms with Gasteiger partial charge in [0, 0.05) is 23.0 Å². The average molecular weight is 240 g/mol. The normalized spacial score (nSPS) is 15.7. The van der Waals surface area contributed by atoms with E-state index >= 15 is 0 Å². The quantitative estimate of drug-likeness (QED) is 0.870. The number of ether oxygens (including phenoxy) is 1. The van der Waals surface area contributed by atoms with Gasteiger partial charge in [0.05, 0.1) is 6.61 Å². The van der Waals surface area contributed by atoms with Gasteiger partial charge in [-0.1, -0.05) is 25.4 Å². The lowest BCUT2D eigenvalue weighted by atomic mass is 10.00. The van der Waals surface area contributed by atoms with Crippen molar-refractivity contribution in [3.63, 3.8) is 0 Å². The van der Waals surface area contributed by atoms with Crippen molar-refractivity contribution < 1.29 is 4.74 Å². The van der Waals surface area contributed by atoms with Gasteiger partial charge in [0.25, 0.3) is 0 Å². The summed E-state index contributed by atoms with van der Waals surface area (Å²) >= 11 is 6.15. The maximum atomic E-state index is 6.15. The van der Waals surface area contributed by atoms with Gasteiger partial charge in [-0.2, -0.15) is 0 Å². The van der Waals surface area contributed by atoms with Gasteiger partial charge in [0.1, 0.15) is 5.75 Å². The minimum absolute atomic E-state index is 0.343. The molecular formula is C13H18ClNO. The van der Waals surface area contributed by atoms with E-state index in [0.717, 1.165) is 36.8 Å².